The lowest BCUT2D eigenvalue weighted by molar-refractivity contribution is -0.120. The number of nitriles is 1. The molecule has 0 spiro atoms. The molecule has 19 heavy (non-hydrogen) atoms. The number of rotatable bonds is 3. The number of nitrogens with zero attached hydrogens (tertiary/aromatic N) is 1. The summed E-state index contributed by atoms with van der Waals surface area (Å²) in [4.78, 5) is 22.6. The molecule has 3 N–H and O–H groups in total. The predicted molar refractivity (Wildman–Crippen MR) is 71.9 cm³/mol. The SMILES string of the molecule is CNC(=O)NC(=O)C(C)Nc1cc(C#N)ccc1Cl. The number of carbonyl (C=O) groups excluding carboxylic acids is 2. The van der Waals surface area contributed by atoms with Crippen LogP contribution in [-0.4, -0.2) is 25.0 Å². The minimum Gasteiger partial charge on any atom is -0.373 e. The molecule has 0 aliphatic heterocycles. The zero-order chi connectivity index (χ0) is 14.4. The van der Waals surface area contributed by atoms with Gasteiger partial charge in [-0.25, -0.2) is 4.79 Å². The molecular formula is C12H13ClN4O2. The molecule has 0 heterocycles. The van der Waals surface area contributed by atoms with Crippen molar-refractivity contribution < 1.29 is 9.59 Å². The number of amides is 3. The van der Waals surface area contributed by atoms with Gasteiger partial charge in [-0.05, 0) is 25.1 Å². The van der Waals surface area contributed by atoms with Gasteiger partial charge < -0.3 is 10.6 Å². The summed E-state index contributed by atoms with van der Waals surface area (Å²) in [7, 11) is 1.41. The van der Waals surface area contributed by atoms with Gasteiger partial charge in [0.2, 0.25) is 5.91 Å². The highest BCUT2D eigenvalue weighted by molar-refractivity contribution is 6.33. The Hall–Kier alpha value is -2.26. The number of hydrogen-bond acceptors (Lipinski definition) is 4. The number of benzene rings is 1. The van der Waals surface area contributed by atoms with E-state index in [0.29, 0.717) is 16.3 Å². The molecule has 0 aromatic heterocycles. The average molecular weight is 281 g/mol. The second-order valence-corrected chi connectivity index (χ2v) is 4.15. The van der Waals surface area contributed by atoms with Gasteiger partial charge in [-0.3, -0.25) is 10.1 Å². The maximum Gasteiger partial charge on any atom is 0.321 e. The van der Waals surface area contributed by atoms with Crippen molar-refractivity contribution >= 4 is 29.2 Å². The maximum atomic E-state index is 11.6. The first kappa shape index (κ1) is 14.8. The van der Waals surface area contributed by atoms with E-state index in [9.17, 15) is 9.59 Å². The fourth-order valence-electron chi connectivity index (χ4n) is 1.29. The molecule has 100 valence electrons. The van der Waals surface area contributed by atoms with Crippen LogP contribution in [0.5, 0.6) is 0 Å². The van der Waals surface area contributed by atoms with Crippen LogP contribution < -0.4 is 16.0 Å². The second kappa shape index (κ2) is 6.61. The summed E-state index contributed by atoms with van der Waals surface area (Å²) in [5.41, 5.74) is 0.881. The standard InChI is InChI=1S/C12H13ClN4O2/c1-7(11(18)17-12(19)15-2)16-10-5-8(6-14)3-4-9(10)13/h3-5,7,16H,1-2H3,(H2,15,17,18,19). The van der Waals surface area contributed by atoms with Crippen molar-refractivity contribution in [3.05, 3.63) is 28.8 Å². The number of nitrogens with one attached hydrogen (secondary N) is 3. The number of carbonyl (C=O) groups is 2. The van der Waals surface area contributed by atoms with Gasteiger partial charge in [0.1, 0.15) is 6.04 Å². The Labute approximate surface area is 115 Å². The molecule has 1 aromatic rings. The third-order valence-corrected chi connectivity index (χ3v) is 2.65. The molecular weight excluding hydrogens is 268 g/mol. The molecule has 0 aliphatic rings. The van der Waals surface area contributed by atoms with Crippen LogP contribution in [-0.2, 0) is 4.79 Å². The minimum atomic E-state index is -0.677. The van der Waals surface area contributed by atoms with E-state index in [2.05, 4.69) is 16.0 Å². The molecule has 3 amide bonds. The summed E-state index contributed by atoms with van der Waals surface area (Å²) in [5.74, 6) is -0.502. The molecule has 0 bridgehead atoms. The fraction of sp³-hybridized carbons (Fsp3) is 0.250. The smallest absolute Gasteiger partial charge is 0.321 e. The van der Waals surface area contributed by atoms with Crippen molar-refractivity contribution in [2.24, 2.45) is 0 Å². The highest BCUT2D eigenvalue weighted by Crippen LogP contribution is 2.23. The number of anilines is 1. The van der Waals surface area contributed by atoms with Crippen molar-refractivity contribution in [2.75, 3.05) is 12.4 Å². The third kappa shape index (κ3) is 4.16. The van der Waals surface area contributed by atoms with E-state index in [0.717, 1.165) is 0 Å². The van der Waals surface area contributed by atoms with Crippen LogP contribution >= 0.6 is 11.6 Å². The van der Waals surface area contributed by atoms with Crippen molar-refractivity contribution in [3.8, 4) is 6.07 Å². The van der Waals surface area contributed by atoms with E-state index < -0.39 is 18.0 Å². The first-order valence-electron chi connectivity index (χ1n) is 5.46. The van der Waals surface area contributed by atoms with Gasteiger partial charge in [-0.1, -0.05) is 11.6 Å². The zero-order valence-electron chi connectivity index (χ0n) is 10.5. The zero-order valence-corrected chi connectivity index (χ0v) is 11.2. The topological polar surface area (TPSA) is 94.0 Å². The summed E-state index contributed by atoms with van der Waals surface area (Å²) in [6.45, 7) is 1.58. The fourth-order valence-corrected chi connectivity index (χ4v) is 1.46. The molecule has 0 saturated heterocycles. The molecule has 1 unspecified atom stereocenters. The van der Waals surface area contributed by atoms with Crippen molar-refractivity contribution in [1.82, 2.24) is 10.6 Å². The van der Waals surface area contributed by atoms with Crippen molar-refractivity contribution in [1.29, 1.82) is 5.26 Å². The van der Waals surface area contributed by atoms with Gasteiger partial charge in [-0.15, -0.1) is 0 Å². The molecule has 0 fully saturated rings. The van der Waals surface area contributed by atoms with E-state index in [4.69, 9.17) is 16.9 Å². The minimum absolute atomic E-state index is 0.388. The highest BCUT2D eigenvalue weighted by atomic mass is 35.5. The van der Waals surface area contributed by atoms with E-state index in [1.807, 2.05) is 6.07 Å². The first-order chi connectivity index (χ1) is 8.97. The Morgan fingerprint density at radius 1 is 1.42 bits per heavy atom. The van der Waals surface area contributed by atoms with Crippen LogP contribution in [0.3, 0.4) is 0 Å². The summed E-state index contributed by atoms with van der Waals surface area (Å²) >= 11 is 5.95. The quantitative estimate of drug-likeness (QED) is 0.781. The van der Waals surface area contributed by atoms with Gasteiger partial charge in [0.05, 0.1) is 22.3 Å². The van der Waals surface area contributed by atoms with Gasteiger partial charge in [0, 0.05) is 7.05 Å². The van der Waals surface area contributed by atoms with Crippen LogP contribution in [0.15, 0.2) is 18.2 Å². The lowest BCUT2D eigenvalue weighted by atomic mass is 10.2. The molecule has 0 saturated carbocycles. The molecule has 1 atom stereocenters. The number of hydrogen-bond donors (Lipinski definition) is 3. The number of urea groups is 1. The Bertz CT molecular complexity index is 539. The predicted octanol–water partition coefficient (Wildman–Crippen LogP) is 1.47. The van der Waals surface area contributed by atoms with E-state index in [-0.39, 0.29) is 0 Å². The average Bonchev–Trinajstić information content (AvgIpc) is 2.40. The molecule has 7 heteroatoms. The highest BCUT2D eigenvalue weighted by Gasteiger charge is 2.16. The van der Waals surface area contributed by atoms with Crippen molar-refractivity contribution in [2.45, 2.75) is 13.0 Å². The van der Waals surface area contributed by atoms with Crippen LogP contribution in [0.2, 0.25) is 5.02 Å². The molecule has 0 aliphatic carbocycles. The largest absolute Gasteiger partial charge is 0.373 e. The monoisotopic (exact) mass is 280 g/mol. The van der Waals surface area contributed by atoms with E-state index >= 15 is 0 Å². The first-order valence-corrected chi connectivity index (χ1v) is 5.84. The van der Waals surface area contributed by atoms with Crippen molar-refractivity contribution in [3.63, 3.8) is 0 Å². The summed E-state index contributed by atoms with van der Waals surface area (Å²) in [6, 6.07) is 5.38. The van der Waals surface area contributed by atoms with Crippen LogP contribution in [0.1, 0.15) is 12.5 Å². The van der Waals surface area contributed by atoms with Crippen LogP contribution in [0, 0.1) is 11.3 Å². The summed E-state index contributed by atoms with van der Waals surface area (Å²) in [6.07, 6.45) is 0. The Balaban J connectivity index is 2.76. The van der Waals surface area contributed by atoms with Crippen LogP contribution in [0.25, 0.3) is 0 Å². The second-order valence-electron chi connectivity index (χ2n) is 3.74. The summed E-state index contributed by atoms with van der Waals surface area (Å²) < 4.78 is 0. The van der Waals surface area contributed by atoms with E-state index in [1.54, 1.807) is 19.1 Å². The Morgan fingerprint density at radius 3 is 2.68 bits per heavy atom. The normalized spacial score (nSPS) is 11.1. The maximum absolute atomic E-state index is 11.6. The molecule has 0 radical (unpaired) electrons. The van der Waals surface area contributed by atoms with Gasteiger partial charge in [-0.2, -0.15) is 5.26 Å². The molecule has 1 aromatic carbocycles. The number of imide groups is 1. The Kier molecular flexibility index (Phi) is 5.15. The number of halogens is 1. The third-order valence-electron chi connectivity index (χ3n) is 2.32. The Morgan fingerprint density at radius 2 is 2.11 bits per heavy atom. The van der Waals surface area contributed by atoms with Gasteiger partial charge in [0.25, 0.3) is 0 Å². The van der Waals surface area contributed by atoms with Gasteiger partial charge in [0.15, 0.2) is 0 Å². The van der Waals surface area contributed by atoms with Crippen LogP contribution in [0.4, 0.5) is 10.5 Å². The van der Waals surface area contributed by atoms with Gasteiger partial charge >= 0.3 is 6.03 Å². The van der Waals surface area contributed by atoms with E-state index in [1.165, 1.54) is 13.1 Å². The molecule has 6 nitrogen and oxygen atoms in total. The lowest BCUT2D eigenvalue weighted by Crippen LogP contribution is -2.44. The summed E-state index contributed by atoms with van der Waals surface area (Å²) in [5, 5.41) is 16.4. The lowest BCUT2D eigenvalue weighted by Gasteiger charge is -2.15. The molecule has 1 rings (SSSR count).